The zero-order valence-corrected chi connectivity index (χ0v) is 14.9. The van der Waals surface area contributed by atoms with Crippen molar-refractivity contribution in [1.82, 2.24) is 0 Å². The van der Waals surface area contributed by atoms with E-state index in [-0.39, 0.29) is 0 Å². The molecule has 0 aromatic carbocycles. The van der Waals surface area contributed by atoms with Gasteiger partial charge in [-0.3, -0.25) is 0 Å². The molecule has 0 spiro atoms. The topological polar surface area (TPSA) is 127 Å². The van der Waals surface area contributed by atoms with Crippen molar-refractivity contribution in [2.45, 2.75) is 19.6 Å². The summed E-state index contributed by atoms with van der Waals surface area (Å²) < 4.78 is 53.9. The number of hydrogen-bond acceptors (Lipinski definition) is 3. The molecule has 0 aliphatic carbocycles. The van der Waals surface area contributed by atoms with E-state index in [9.17, 15) is 0 Å². The van der Waals surface area contributed by atoms with Crippen molar-refractivity contribution in [3.05, 3.63) is 44.9 Å². The van der Waals surface area contributed by atoms with Gasteiger partial charge in [-0.15, -0.1) is 0 Å². The summed E-state index contributed by atoms with van der Waals surface area (Å²) in [5.74, 6) is 5.27. The fourth-order valence-electron chi connectivity index (χ4n) is 0.965. The Labute approximate surface area is 155 Å². The number of methoxy groups -OCH3 is 1. The van der Waals surface area contributed by atoms with Gasteiger partial charge < -0.3 is 0 Å². The van der Waals surface area contributed by atoms with Crippen molar-refractivity contribution < 1.29 is 53.3 Å². The van der Waals surface area contributed by atoms with Crippen LogP contribution in [-0.2, 0) is 53.3 Å². The summed E-state index contributed by atoms with van der Waals surface area (Å²) in [7, 11) is 1.57. The average Bonchev–Trinajstić information content (AvgIpc) is 2.88. The van der Waals surface area contributed by atoms with Gasteiger partial charge in [-0.1, -0.05) is 0 Å². The van der Waals surface area contributed by atoms with Crippen LogP contribution < -0.4 is 0 Å². The summed E-state index contributed by atoms with van der Waals surface area (Å²) in [4.78, 5) is 0. The Morgan fingerprint density at radius 3 is 1.88 bits per heavy atom. The summed E-state index contributed by atoms with van der Waals surface area (Å²) in [5.41, 5.74) is 0.908. The van der Waals surface area contributed by atoms with E-state index in [1.165, 1.54) is 0 Å². The number of ether oxygens (including phenoxy) is 3. The monoisotopic (exact) mass is 386 g/mol. The molecular weight excluding hydrogens is 372 g/mol. The fourth-order valence-corrected chi connectivity index (χ4v) is 1.04. The molecule has 132 valence electrons. The minimum atomic E-state index is -0.536. The van der Waals surface area contributed by atoms with E-state index in [4.69, 9.17) is 37.5 Å². The van der Waals surface area contributed by atoms with Crippen molar-refractivity contribution in [2.75, 3.05) is 20.3 Å². The molecule has 0 aromatic heterocycles. The van der Waals surface area contributed by atoms with Crippen LogP contribution in [0.3, 0.4) is 0 Å². The molecule has 0 amide bonds. The van der Waals surface area contributed by atoms with Gasteiger partial charge in [0.1, 0.15) is 0 Å². The second kappa shape index (κ2) is 30.2. The molecule has 0 saturated carbocycles. The zero-order valence-electron chi connectivity index (χ0n) is 13.7. The molecule has 0 fully saturated rings. The van der Waals surface area contributed by atoms with E-state index in [1.54, 1.807) is 7.11 Å². The SMILES string of the molecule is CO[C](=[Cr])C#CC1=CCOC(C)(C)OC1.[C-]#[O+].[C-]#[O+].[C-]#[O+].[C-]#[O+].[C-]#[O+]. The second-order valence-electron chi connectivity index (χ2n) is 3.47. The Morgan fingerprint density at radius 2 is 1.48 bits per heavy atom. The Morgan fingerprint density at radius 1 is 1.04 bits per heavy atom. The van der Waals surface area contributed by atoms with Gasteiger partial charge in [-0.2, -0.15) is 0 Å². The van der Waals surface area contributed by atoms with E-state index in [2.05, 4.69) is 60.9 Å². The molecule has 0 atom stereocenters. The first-order valence-electron chi connectivity index (χ1n) is 5.62. The summed E-state index contributed by atoms with van der Waals surface area (Å²) in [6.45, 7) is 27.3. The van der Waals surface area contributed by atoms with Crippen LogP contribution in [-0.4, -0.2) is 30.7 Å². The van der Waals surface area contributed by atoms with E-state index in [0.717, 1.165) is 5.57 Å². The van der Waals surface area contributed by atoms with Crippen molar-refractivity contribution in [3.8, 4) is 11.8 Å². The molecule has 9 heteroatoms. The molecule has 0 unspecified atom stereocenters. The van der Waals surface area contributed by atoms with Crippen LogP contribution in [0.5, 0.6) is 0 Å². The van der Waals surface area contributed by atoms with Crippen LogP contribution in [0.4, 0.5) is 0 Å². The standard InChI is InChI=1S/C11H14O3.5CO.Cr/c1-11(2)13-8-6-10(9-14-11)5-4-7-12-3;5*1-2;/h6H,8-9H2,1-3H3;;;;;;. The third kappa shape index (κ3) is 27.4. The summed E-state index contributed by atoms with van der Waals surface area (Å²) in [6.07, 6.45) is 1.92. The van der Waals surface area contributed by atoms with E-state index < -0.39 is 5.79 Å². The summed E-state index contributed by atoms with van der Waals surface area (Å²) in [6, 6.07) is 0. The minimum absolute atomic E-state index is 0.469. The van der Waals surface area contributed by atoms with Gasteiger partial charge in [0.25, 0.3) is 0 Å². The molecule has 0 bridgehead atoms. The van der Waals surface area contributed by atoms with Gasteiger partial charge in [-0.25, -0.2) is 0 Å². The van der Waals surface area contributed by atoms with E-state index >= 15 is 0 Å². The van der Waals surface area contributed by atoms with Crippen LogP contribution >= 0.6 is 0 Å². The van der Waals surface area contributed by atoms with Crippen LogP contribution in [0.25, 0.3) is 0 Å². The van der Waals surface area contributed by atoms with Crippen LogP contribution in [0.2, 0.25) is 0 Å². The maximum absolute atomic E-state index is 7.50. The summed E-state index contributed by atoms with van der Waals surface area (Å²) >= 11 is 2.72. The predicted molar refractivity (Wildman–Crippen MR) is 73.5 cm³/mol. The van der Waals surface area contributed by atoms with Gasteiger partial charge in [0.2, 0.25) is 0 Å². The second-order valence-corrected chi connectivity index (χ2v) is 4.05. The zero-order chi connectivity index (χ0) is 21.3. The molecule has 25 heavy (non-hydrogen) atoms. The Bertz CT molecular complexity index is 491. The Hall–Kier alpha value is -1.72. The first kappa shape index (κ1) is 34.6. The first-order chi connectivity index (χ1) is 12.0. The number of rotatable bonds is 1. The fraction of sp³-hybridized carbons (Fsp3) is 0.375. The van der Waals surface area contributed by atoms with Gasteiger partial charge >= 0.3 is 155 Å². The Kier molecular flexibility index (Phi) is 41.8. The maximum atomic E-state index is 7.50. The normalized spacial score (nSPS) is 12.1. The molecule has 0 radical (unpaired) electrons. The first-order valence-corrected chi connectivity index (χ1v) is 6.26. The van der Waals surface area contributed by atoms with Crippen LogP contribution in [0, 0.1) is 45.1 Å². The molecule has 0 N–H and O–H groups in total. The van der Waals surface area contributed by atoms with Gasteiger partial charge in [-0.05, 0) is 0 Å². The quantitative estimate of drug-likeness (QED) is 0.376. The molecule has 8 nitrogen and oxygen atoms in total. The third-order valence-electron chi connectivity index (χ3n) is 1.85. The molecule has 1 heterocycles. The molecule has 0 saturated heterocycles. The van der Waals surface area contributed by atoms with Crippen molar-refractivity contribution in [3.63, 3.8) is 0 Å². The molecule has 1 aliphatic heterocycles. The van der Waals surface area contributed by atoms with Gasteiger partial charge in [0.05, 0.1) is 0 Å². The molecule has 1 rings (SSSR count). The van der Waals surface area contributed by atoms with Crippen molar-refractivity contribution >= 4 is 4.57 Å². The molecule has 0 aromatic rings. The van der Waals surface area contributed by atoms with Gasteiger partial charge in [0.15, 0.2) is 0 Å². The number of hydrogen-bond donors (Lipinski definition) is 0. The molecule has 1 aliphatic rings. The van der Waals surface area contributed by atoms with Crippen LogP contribution in [0.1, 0.15) is 13.8 Å². The third-order valence-corrected chi connectivity index (χ3v) is 2.27. The Balaban J connectivity index is -0.000000114. The van der Waals surface area contributed by atoms with Crippen molar-refractivity contribution in [2.24, 2.45) is 0 Å². The average molecular weight is 386 g/mol. The van der Waals surface area contributed by atoms with Crippen molar-refractivity contribution in [1.29, 1.82) is 0 Å². The van der Waals surface area contributed by atoms with Gasteiger partial charge in [0, 0.05) is 0 Å². The molecular formula is C16H14CrO8. The predicted octanol–water partition coefficient (Wildman–Crippen LogP) is 0.835. The van der Waals surface area contributed by atoms with E-state index in [1.807, 2.05) is 19.9 Å². The van der Waals surface area contributed by atoms with E-state index in [0.29, 0.717) is 17.8 Å². The van der Waals surface area contributed by atoms with Crippen LogP contribution in [0.15, 0.2) is 11.6 Å². The summed E-state index contributed by atoms with van der Waals surface area (Å²) in [5, 5.41) is 0.